The van der Waals surface area contributed by atoms with E-state index in [0.29, 0.717) is 5.56 Å². The molecular formula is C17H25F2NO. The molecule has 1 aromatic carbocycles. The van der Waals surface area contributed by atoms with Gasteiger partial charge in [0.2, 0.25) is 0 Å². The van der Waals surface area contributed by atoms with Gasteiger partial charge in [0.25, 0.3) is 0 Å². The summed E-state index contributed by atoms with van der Waals surface area (Å²) < 4.78 is 33.1. The topological polar surface area (TPSA) is 21.3 Å². The molecule has 0 aromatic heterocycles. The maximum atomic E-state index is 14.0. The molecule has 1 aliphatic heterocycles. The summed E-state index contributed by atoms with van der Waals surface area (Å²) in [5.41, 5.74) is 0.430. The number of rotatable bonds is 7. The van der Waals surface area contributed by atoms with Gasteiger partial charge in [-0.2, -0.15) is 0 Å². The van der Waals surface area contributed by atoms with Crippen LogP contribution in [0.2, 0.25) is 0 Å². The number of benzene rings is 1. The van der Waals surface area contributed by atoms with Crippen molar-refractivity contribution in [2.45, 2.75) is 57.6 Å². The summed E-state index contributed by atoms with van der Waals surface area (Å²) in [6.45, 7) is 3.69. The van der Waals surface area contributed by atoms with E-state index in [4.69, 9.17) is 4.74 Å². The summed E-state index contributed by atoms with van der Waals surface area (Å²) in [6.07, 6.45) is 6.29. The molecule has 2 nitrogen and oxygen atoms in total. The van der Waals surface area contributed by atoms with Gasteiger partial charge in [-0.15, -0.1) is 0 Å². The summed E-state index contributed by atoms with van der Waals surface area (Å²) >= 11 is 0. The van der Waals surface area contributed by atoms with Crippen molar-refractivity contribution < 1.29 is 13.5 Å². The van der Waals surface area contributed by atoms with E-state index in [0.717, 1.165) is 45.3 Å². The van der Waals surface area contributed by atoms with Crippen LogP contribution >= 0.6 is 0 Å². The molecule has 1 heterocycles. The number of hydrogen-bond acceptors (Lipinski definition) is 2. The van der Waals surface area contributed by atoms with Crippen LogP contribution in [-0.4, -0.2) is 19.3 Å². The van der Waals surface area contributed by atoms with Crippen LogP contribution in [0.25, 0.3) is 0 Å². The molecule has 4 heteroatoms. The van der Waals surface area contributed by atoms with Crippen molar-refractivity contribution in [1.29, 1.82) is 0 Å². The lowest BCUT2D eigenvalue weighted by atomic mass is 9.96. The molecule has 21 heavy (non-hydrogen) atoms. The zero-order chi connectivity index (χ0) is 15.1. The lowest BCUT2D eigenvalue weighted by molar-refractivity contribution is 0.00848. The predicted octanol–water partition coefficient (Wildman–Crippen LogP) is 4.35. The average Bonchev–Trinajstić information content (AvgIpc) is 2.51. The minimum absolute atomic E-state index is 0.147. The van der Waals surface area contributed by atoms with E-state index < -0.39 is 0 Å². The average molecular weight is 297 g/mol. The van der Waals surface area contributed by atoms with Gasteiger partial charge in [-0.3, -0.25) is 0 Å². The Kier molecular flexibility index (Phi) is 6.58. The Balaban J connectivity index is 2.00. The van der Waals surface area contributed by atoms with E-state index >= 15 is 0 Å². The van der Waals surface area contributed by atoms with Crippen LogP contribution in [0.4, 0.5) is 8.78 Å². The molecule has 1 aliphatic rings. The molecule has 1 aromatic rings. The van der Waals surface area contributed by atoms with Gasteiger partial charge in [-0.05, 0) is 63.3 Å². The van der Waals surface area contributed by atoms with Gasteiger partial charge in [-0.1, -0.05) is 6.92 Å². The van der Waals surface area contributed by atoms with Crippen LogP contribution < -0.4 is 5.32 Å². The zero-order valence-corrected chi connectivity index (χ0v) is 12.7. The van der Waals surface area contributed by atoms with Crippen molar-refractivity contribution in [2.24, 2.45) is 0 Å². The fourth-order valence-corrected chi connectivity index (χ4v) is 2.86. The standard InChI is InChI=1S/C17H25F2NO/c1-2-10-20-17(9-7-14-5-3-4-11-21-14)15-12-13(18)6-8-16(15)19/h6,8,12,14,17,20H,2-5,7,9-11H2,1H3. The summed E-state index contributed by atoms with van der Waals surface area (Å²) in [5, 5.41) is 3.33. The quantitative estimate of drug-likeness (QED) is 0.807. The van der Waals surface area contributed by atoms with E-state index in [1.807, 2.05) is 0 Å². The summed E-state index contributed by atoms with van der Waals surface area (Å²) in [6, 6.07) is 3.54. The second-order valence-electron chi connectivity index (χ2n) is 5.74. The van der Waals surface area contributed by atoms with Gasteiger partial charge < -0.3 is 10.1 Å². The Hall–Kier alpha value is -1.00. The fourth-order valence-electron chi connectivity index (χ4n) is 2.86. The van der Waals surface area contributed by atoms with Crippen LogP contribution in [0.3, 0.4) is 0 Å². The molecule has 0 spiro atoms. The molecular weight excluding hydrogens is 272 g/mol. The first-order chi connectivity index (χ1) is 10.2. The Labute approximate surface area is 125 Å². The molecule has 1 fully saturated rings. The van der Waals surface area contributed by atoms with Crippen molar-refractivity contribution in [2.75, 3.05) is 13.2 Å². The molecule has 0 saturated carbocycles. The van der Waals surface area contributed by atoms with Crippen molar-refractivity contribution >= 4 is 0 Å². The van der Waals surface area contributed by atoms with Crippen LogP contribution in [0.15, 0.2) is 18.2 Å². The van der Waals surface area contributed by atoms with E-state index in [1.54, 1.807) is 0 Å². The molecule has 2 atom stereocenters. The van der Waals surface area contributed by atoms with Crippen molar-refractivity contribution in [3.05, 3.63) is 35.4 Å². The van der Waals surface area contributed by atoms with Gasteiger partial charge in [0.05, 0.1) is 6.10 Å². The van der Waals surface area contributed by atoms with E-state index in [9.17, 15) is 8.78 Å². The fraction of sp³-hybridized carbons (Fsp3) is 0.647. The third kappa shape index (κ3) is 5.04. The Morgan fingerprint density at radius 1 is 1.33 bits per heavy atom. The molecule has 2 unspecified atom stereocenters. The first kappa shape index (κ1) is 16.4. The highest BCUT2D eigenvalue weighted by atomic mass is 19.1. The molecule has 2 rings (SSSR count). The lowest BCUT2D eigenvalue weighted by Crippen LogP contribution is -2.26. The Morgan fingerprint density at radius 3 is 2.90 bits per heavy atom. The highest BCUT2D eigenvalue weighted by molar-refractivity contribution is 5.22. The maximum absolute atomic E-state index is 14.0. The van der Waals surface area contributed by atoms with Crippen LogP contribution in [0, 0.1) is 11.6 Å². The molecule has 0 aliphatic carbocycles. The van der Waals surface area contributed by atoms with Crippen LogP contribution in [-0.2, 0) is 4.74 Å². The zero-order valence-electron chi connectivity index (χ0n) is 12.7. The third-order valence-electron chi connectivity index (χ3n) is 4.03. The molecule has 118 valence electrons. The lowest BCUT2D eigenvalue weighted by Gasteiger charge is -2.26. The molecule has 1 saturated heterocycles. The van der Waals surface area contributed by atoms with Gasteiger partial charge in [0.15, 0.2) is 0 Å². The first-order valence-corrected chi connectivity index (χ1v) is 8.00. The van der Waals surface area contributed by atoms with Gasteiger partial charge in [-0.25, -0.2) is 8.78 Å². The molecule has 0 amide bonds. The van der Waals surface area contributed by atoms with Gasteiger partial charge >= 0.3 is 0 Å². The highest BCUT2D eigenvalue weighted by Gasteiger charge is 2.20. The Morgan fingerprint density at radius 2 is 2.19 bits per heavy atom. The van der Waals surface area contributed by atoms with Gasteiger partial charge in [0.1, 0.15) is 11.6 Å². The largest absolute Gasteiger partial charge is 0.378 e. The van der Waals surface area contributed by atoms with E-state index in [2.05, 4.69) is 12.2 Å². The number of hydrogen-bond donors (Lipinski definition) is 1. The predicted molar refractivity (Wildman–Crippen MR) is 80.2 cm³/mol. The maximum Gasteiger partial charge on any atom is 0.128 e. The Bertz CT molecular complexity index is 433. The van der Waals surface area contributed by atoms with E-state index in [-0.39, 0.29) is 23.8 Å². The monoisotopic (exact) mass is 297 g/mol. The normalized spacial score (nSPS) is 20.4. The summed E-state index contributed by atoms with van der Waals surface area (Å²) in [7, 11) is 0. The number of halogens is 2. The van der Waals surface area contributed by atoms with E-state index in [1.165, 1.54) is 24.6 Å². The smallest absolute Gasteiger partial charge is 0.128 e. The molecule has 0 radical (unpaired) electrons. The third-order valence-corrected chi connectivity index (χ3v) is 4.03. The molecule has 0 bridgehead atoms. The second kappa shape index (κ2) is 8.44. The minimum Gasteiger partial charge on any atom is -0.378 e. The summed E-state index contributed by atoms with van der Waals surface area (Å²) in [5.74, 6) is -0.724. The van der Waals surface area contributed by atoms with Crippen molar-refractivity contribution in [1.82, 2.24) is 5.32 Å². The number of ether oxygens (including phenoxy) is 1. The molecule has 1 N–H and O–H groups in total. The van der Waals surface area contributed by atoms with Crippen molar-refractivity contribution in [3.63, 3.8) is 0 Å². The highest BCUT2D eigenvalue weighted by Crippen LogP contribution is 2.26. The number of nitrogens with one attached hydrogen (secondary N) is 1. The summed E-state index contributed by atoms with van der Waals surface area (Å²) in [4.78, 5) is 0. The minimum atomic E-state index is -0.386. The van der Waals surface area contributed by atoms with Crippen molar-refractivity contribution in [3.8, 4) is 0 Å². The van der Waals surface area contributed by atoms with Crippen LogP contribution in [0.5, 0.6) is 0 Å². The van der Waals surface area contributed by atoms with Crippen LogP contribution in [0.1, 0.15) is 57.1 Å². The first-order valence-electron chi connectivity index (χ1n) is 8.00. The van der Waals surface area contributed by atoms with Gasteiger partial charge in [0, 0.05) is 18.2 Å². The second-order valence-corrected chi connectivity index (χ2v) is 5.74. The SMILES string of the molecule is CCCNC(CCC1CCCCO1)c1cc(F)ccc1F.